The average molecular weight is 377 g/mol. The summed E-state index contributed by atoms with van der Waals surface area (Å²) in [6.07, 6.45) is 25.1. The number of hydrogen-bond donors (Lipinski definition) is 3. The van der Waals surface area contributed by atoms with Crippen LogP contribution in [0.15, 0.2) is 0 Å². The number of hydrogen-bond acceptors (Lipinski definition) is 3. The second-order valence-corrected chi connectivity index (χ2v) is 9.10. The fourth-order valence-electron chi connectivity index (χ4n) is 3.28. The molecule has 0 amide bonds. The second kappa shape index (κ2) is 19.1. The standard InChI is InChI=1S/C21H45O3P/c1-2-3-4-5-6-7-8-9-10-11-12-13-14-15-16-17-18-19-20-25-21(22,23)24/h22-25H,2-20H2,1H3. The Morgan fingerprint density at radius 3 is 1.04 bits per heavy atom. The molecule has 0 aromatic carbocycles. The van der Waals surface area contributed by atoms with Crippen LogP contribution in [-0.4, -0.2) is 27.2 Å². The summed E-state index contributed by atoms with van der Waals surface area (Å²) in [5.74, 6) is 0. The Balaban J connectivity index is 3.01. The molecule has 3 N–H and O–H groups in total. The van der Waals surface area contributed by atoms with Gasteiger partial charge in [0, 0.05) is 0 Å². The zero-order valence-corrected chi connectivity index (χ0v) is 17.8. The van der Waals surface area contributed by atoms with Crippen LogP contribution < -0.4 is 0 Å². The lowest BCUT2D eigenvalue weighted by Crippen LogP contribution is -2.20. The molecule has 0 radical (unpaired) electrons. The summed E-state index contributed by atoms with van der Waals surface area (Å²) in [4.78, 5) is 0. The normalized spacial score (nSPS) is 12.5. The largest absolute Gasteiger partial charge is 0.340 e. The molecule has 152 valence electrons. The van der Waals surface area contributed by atoms with Crippen molar-refractivity contribution < 1.29 is 15.3 Å². The van der Waals surface area contributed by atoms with Gasteiger partial charge in [0.05, 0.1) is 0 Å². The summed E-state index contributed by atoms with van der Waals surface area (Å²) in [5.41, 5.74) is -2.44. The van der Waals surface area contributed by atoms with Crippen molar-refractivity contribution in [3.05, 3.63) is 0 Å². The van der Waals surface area contributed by atoms with E-state index in [-0.39, 0.29) is 8.58 Å². The first-order valence-electron chi connectivity index (χ1n) is 11.0. The summed E-state index contributed by atoms with van der Waals surface area (Å²) in [6, 6.07) is 0. The second-order valence-electron chi connectivity index (χ2n) is 7.57. The highest BCUT2D eigenvalue weighted by atomic mass is 31.1. The van der Waals surface area contributed by atoms with Gasteiger partial charge < -0.3 is 15.3 Å². The fourth-order valence-corrected chi connectivity index (χ4v) is 4.04. The van der Waals surface area contributed by atoms with E-state index < -0.39 is 5.71 Å². The van der Waals surface area contributed by atoms with Crippen LogP contribution in [0, 0.1) is 0 Å². The van der Waals surface area contributed by atoms with E-state index in [0.29, 0.717) is 6.16 Å². The summed E-state index contributed by atoms with van der Waals surface area (Å²) < 4.78 is 0. The van der Waals surface area contributed by atoms with Gasteiger partial charge in [-0.25, -0.2) is 0 Å². The van der Waals surface area contributed by atoms with E-state index in [1.807, 2.05) is 0 Å². The van der Waals surface area contributed by atoms with Gasteiger partial charge in [-0.2, -0.15) is 0 Å². The van der Waals surface area contributed by atoms with E-state index in [0.717, 1.165) is 12.8 Å². The summed E-state index contributed by atoms with van der Waals surface area (Å²) >= 11 is 0. The van der Waals surface area contributed by atoms with Gasteiger partial charge in [-0.05, 0) is 21.2 Å². The zero-order valence-electron chi connectivity index (χ0n) is 16.8. The molecule has 0 heterocycles. The van der Waals surface area contributed by atoms with Gasteiger partial charge in [0.15, 0.2) is 0 Å². The first-order chi connectivity index (χ1) is 12.1. The van der Waals surface area contributed by atoms with Crippen LogP contribution in [0.4, 0.5) is 0 Å². The van der Waals surface area contributed by atoms with E-state index in [4.69, 9.17) is 15.3 Å². The highest BCUT2D eigenvalue weighted by molar-refractivity contribution is 7.39. The van der Waals surface area contributed by atoms with Crippen molar-refractivity contribution in [3.8, 4) is 0 Å². The minimum Gasteiger partial charge on any atom is -0.340 e. The Bertz CT molecular complexity index is 254. The maximum atomic E-state index is 8.78. The molecular weight excluding hydrogens is 331 g/mol. The van der Waals surface area contributed by atoms with Crippen LogP contribution in [-0.2, 0) is 0 Å². The molecule has 0 spiro atoms. The quantitative estimate of drug-likeness (QED) is 0.133. The summed E-state index contributed by atoms with van der Waals surface area (Å²) in [5, 5.41) is 26.4. The van der Waals surface area contributed by atoms with E-state index in [1.165, 1.54) is 103 Å². The maximum absolute atomic E-state index is 8.78. The Hall–Kier alpha value is 0.310. The topological polar surface area (TPSA) is 60.7 Å². The van der Waals surface area contributed by atoms with Crippen LogP contribution in [0.1, 0.15) is 122 Å². The Kier molecular flexibility index (Phi) is 19.3. The van der Waals surface area contributed by atoms with Gasteiger partial charge in [-0.1, -0.05) is 116 Å². The minimum absolute atomic E-state index is 0.181. The molecule has 0 bridgehead atoms. The predicted octanol–water partition coefficient (Wildman–Crippen LogP) is 6.29. The molecule has 0 aromatic heterocycles. The van der Waals surface area contributed by atoms with Crippen LogP contribution >= 0.6 is 8.58 Å². The average Bonchev–Trinajstić information content (AvgIpc) is 2.56. The third kappa shape index (κ3) is 24.3. The van der Waals surface area contributed by atoms with Crippen LogP contribution in [0.3, 0.4) is 0 Å². The van der Waals surface area contributed by atoms with Gasteiger partial charge in [-0.15, -0.1) is 0 Å². The zero-order chi connectivity index (χ0) is 18.6. The van der Waals surface area contributed by atoms with Gasteiger partial charge in [-0.3, -0.25) is 0 Å². The molecule has 0 aliphatic rings. The highest BCUT2D eigenvalue weighted by Crippen LogP contribution is 2.25. The van der Waals surface area contributed by atoms with Crippen molar-refractivity contribution in [2.24, 2.45) is 0 Å². The molecule has 0 aliphatic carbocycles. The third-order valence-electron chi connectivity index (χ3n) is 4.89. The third-order valence-corrected chi connectivity index (χ3v) is 5.97. The molecule has 3 nitrogen and oxygen atoms in total. The van der Waals surface area contributed by atoms with Crippen LogP contribution in [0.25, 0.3) is 0 Å². The first-order valence-corrected chi connectivity index (χ1v) is 12.2. The monoisotopic (exact) mass is 376 g/mol. The molecule has 0 aromatic rings. The van der Waals surface area contributed by atoms with E-state index in [1.54, 1.807) is 0 Å². The Labute approximate surface area is 158 Å². The van der Waals surface area contributed by atoms with Gasteiger partial charge >= 0.3 is 0 Å². The van der Waals surface area contributed by atoms with Crippen molar-refractivity contribution in [1.29, 1.82) is 0 Å². The lowest BCUT2D eigenvalue weighted by atomic mass is 10.0. The smallest absolute Gasteiger partial charge is 0.290 e. The summed E-state index contributed by atoms with van der Waals surface area (Å²) in [6.45, 7) is 2.28. The molecule has 4 heteroatoms. The van der Waals surface area contributed by atoms with E-state index in [2.05, 4.69) is 6.92 Å². The van der Waals surface area contributed by atoms with Crippen molar-refractivity contribution in [1.82, 2.24) is 0 Å². The number of aliphatic hydroxyl groups is 3. The SMILES string of the molecule is CCCCCCCCCCCCCCCCCCCCPC(O)(O)O. The van der Waals surface area contributed by atoms with E-state index in [9.17, 15) is 0 Å². The Morgan fingerprint density at radius 2 is 0.760 bits per heavy atom. The van der Waals surface area contributed by atoms with Crippen molar-refractivity contribution >= 4 is 8.58 Å². The van der Waals surface area contributed by atoms with Gasteiger partial charge in [0.25, 0.3) is 5.71 Å². The maximum Gasteiger partial charge on any atom is 0.290 e. The first kappa shape index (κ1) is 25.3. The summed E-state index contributed by atoms with van der Waals surface area (Å²) in [7, 11) is -0.181. The number of unbranched alkanes of at least 4 members (excludes halogenated alkanes) is 17. The van der Waals surface area contributed by atoms with Gasteiger partial charge in [0.1, 0.15) is 0 Å². The number of rotatable bonds is 20. The molecule has 0 rings (SSSR count). The lowest BCUT2D eigenvalue weighted by molar-refractivity contribution is -0.238. The van der Waals surface area contributed by atoms with Crippen molar-refractivity contribution in [3.63, 3.8) is 0 Å². The van der Waals surface area contributed by atoms with Crippen molar-refractivity contribution in [2.75, 3.05) is 6.16 Å². The predicted molar refractivity (Wildman–Crippen MR) is 111 cm³/mol. The molecular formula is C21H45O3P. The van der Waals surface area contributed by atoms with Crippen LogP contribution in [0.5, 0.6) is 0 Å². The molecule has 25 heavy (non-hydrogen) atoms. The molecule has 0 aliphatic heterocycles. The van der Waals surface area contributed by atoms with Crippen LogP contribution in [0.2, 0.25) is 0 Å². The molecule has 0 fully saturated rings. The Morgan fingerprint density at radius 1 is 0.480 bits per heavy atom. The van der Waals surface area contributed by atoms with Crippen molar-refractivity contribution in [2.45, 2.75) is 128 Å². The molecule has 0 saturated heterocycles. The van der Waals surface area contributed by atoms with E-state index >= 15 is 0 Å². The lowest BCUT2D eigenvalue weighted by Gasteiger charge is -2.13. The molecule has 1 atom stereocenters. The highest BCUT2D eigenvalue weighted by Gasteiger charge is 2.16. The molecule has 1 unspecified atom stereocenters. The molecule has 0 saturated carbocycles. The minimum atomic E-state index is -2.44. The van der Waals surface area contributed by atoms with Gasteiger partial charge in [0.2, 0.25) is 0 Å². The fraction of sp³-hybridized carbons (Fsp3) is 1.00.